The van der Waals surface area contributed by atoms with Crippen LogP contribution in [0.5, 0.6) is 0 Å². The highest BCUT2D eigenvalue weighted by Gasteiger charge is 2.18. The first-order valence-corrected chi connectivity index (χ1v) is 7.48. The Hall–Kier alpha value is -1.82. The van der Waals surface area contributed by atoms with Crippen molar-refractivity contribution in [2.45, 2.75) is 32.2 Å². The second-order valence-electron chi connectivity index (χ2n) is 5.20. The predicted octanol–water partition coefficient (Wildman–Crippen LogP) is 1.37. The molecule has 1 aliphatic heterocycles. The lowest BCUT2D eigenvalue weighted by molar-refractivity contribution is 0.0661. The molecule has 1 aromatic heterocycles. The first kappa shape index (κ1) is 15.6. The van der Waals surface area contributed by atoms with Crippen molar-refractivity contribution in [3.63, 3.8) is 0 Å². The predicted molar refractivity (Wildman–Crippen MR) is 84.5 cm³/mol. The highest BCUT2D eigenvalue weighted by atomic mass is 16.5. The molecule has 3 N–H and O–H groups in total. The summed E-state index contributed by atoms with van der Waals surface area (Å²) < 4.78 is 7.41. The van der Waals surface area contributed by atoms with Gasteiger partial charge in [-0.1, -0.05) is 6.08 Å². The number of ether oxygens (including phenoxy) is 1. The molecule has 1 fully saturated rings. The van der Waals surface area contributed by atoms with Gasteiger partial charge in [0.1, 0.15) is 5.84 Å². The third-order valence-corrected chi connectivity index (χ3v) is 3.62. The fourth-order valence-corrected chi connectivity index (χ4v) is 2.42. The van der Waals surface area contributed by atoms with Crippen molar-refractivity contribution in [3.8, 4) is 0 Å². The van der Waals surface area contributed by atoms with Gasteiger partial charge in [0.25, 0.3) is 0 Å². The van der Waals surface area contributed by atoms with Gasteiger partial charge in [-0.25, -0.2) is 0 Å². The van der Waals surface area contributed by atoms with Crippen LogP contribution in [0.2, 0.25) is 0 Å². The molecule has 0 amide bonds. The summed E-state index contributed by atoms with van der Waals surface area (Å²) in [7, 11) is 1.88. The van der Waals surface area contributed by atoms with Crippen LogP contribution in [0, 0.1) is 6.92 Å². The van der Waals surface area contributed by atoms with E-state index < -0.39 is 0 Å². The summed E-state index contributed by atoms with van der Waals surface area (Å²) in [5.74, 6) is 0.573. The van der Waals surface area contributed by atoms with Crippen molar-refractivity contribution in [1.29, 1.82) is 0 Å². The van der Waals surface area contributed by atoms with E-state index in [0.717, 1.165) is 43.7 Å². The second-order valence-corrected chi connectivity index (χ2v) is 5.20. The van der Waals surface area contributed by atoms with E-state index in [1.54, 1.807) is 0 Å². The molecule has 6 nitrogen and oxygen atoms in total. The lowest BCUT2D eigenvalue weighted by Crippen LogP contribution is -2.20. The Bertz CT molecular complexity index is 500. The average Bonchev–Trinajstić information content (AvgIpc) is 2.90. The minimum Gasteiger partial charge on any atom is -0.394 e. The average molecular weight is 291 g/mol. The van der Waals surface area contributed by atoms with E-state index in [0.29, 0.717) is 18.4 Å². The topological polar surface area (TPSA) is 77.5 Å². The van der Waals surface area contributed by atoms with Crippen molar-refractivity contribution >= 4 is 5.84 Å². The SMILES string of the molecule is CN/C=C\CC/N=C(\N)c1cn(C2CCOCC2)nc1C. The van der Waals surface area contributed by atoms with Crippen LogP contribution in [-0.4, -0.2) is 42.4 Å². The molecule has 2 heterocycles. The van der Waals surface area contributed by atoms with Crippen LogP contribution < -0.4 is 11.1 Å². The standard InChI is InChI=1S/C15H25N5O/c1-12-14(15(16)18-8-4-3-7-17-2)11-20(19-12)13-5-9-21-10-6-13/h3,7,11,13,17H,4-6,8-10H2,1-2H3,(H2,16,18)/b7-3-. The van der Waals surface area contributed by atoms with E-state index in [1.807, 2.05) is 37.1 Å². The molecule has 0 spiro atoms. The molecule has 0 aliphatic carbocycles. The summed E-state index contributed by atoms with van der Waals surface area (Å²) in [4.78, 5) is 4.42. The smallest absolute Gasteiger partial charge is 0.129 e. The molecule has 21 heavy (non-hydrogen) atoms. The van der Waals surface area contributed by atoms with Gasteiger partial charge in [-0.05, 0) is 32.4 Å². The summed E-state index contributed by atoms with van der Waals surface area (Å²) in [5, 5.41) is 7.54. The number of rotatable bonds is 6. The van der Waals surface area contributed by atoms with E-state index >= 15 is 0 Å². The van der Waals surface area contributed by atoms with Gasteiger partial charge >= 0.3 is 0 Å². The van der Waals surface area contributed by atoms with E-state index in [4.69, 9.17) is 10.5 Å². The number of hydrogen-bond acceptors (Lipinski definition) is 4. The van der Waals surface area contributed by atoms with Crippen LogP contribution in [0.15, 0.2) is 23.5 Å². The van der Waals surface area contributed by atoms with Crippen molar-refractivity contribution in [2.75, 3.05) is 26.8 Å². The first-order valence-electron chi connectivity index (χ1n) is 7.48. The molecule has 0 aromatic carbocycles. The maximum absolute atomic E-state index is 6.09. The summed E-state index contributed by atoms with van der Waals surface area (Å²) in [6.07, 6.45) is 8.84. The first-order chi connectivity index (χ1) is 10.2. The fraction of sp³-hybridized carbons (Fsp3) is 0.600. The van der Waals surface area contributed by atoms with Gasteiger partial charge in [-0.3, -0.25) is 9.67 Å². The molecule has 0 radical (unpaired) electrons. The third-order valence-electron chi connectivity index (χ3n) is 3.62. The molecular formula is C15H25N5O. The Morgan fingerprint density at radius 3 is 3.05 bits per heavy atom. The molecule has 0 bridgehead atoms. The van der Waals surface area contributed by atoms with Crippen molar-refractivity contribution in [1.82, 2.24) is 15.1 Å². The van der Waals surface area contributed by atoms with E-state index in [2.05, 4.69) is 15.4 Å². The highest BCUT2D eigenvalue weighted by molar-refractivity contribution is 5.98. The van der Waals surface area contributed by atoms with Gasteiger partial charge in [-0.15, -0.1) is 0 Å². The minimum atomic E-state index is 0.414. The van der Waals surface area contributed by atoms with Crippen LogP contribution >= 0.6 is 0 Å². The zero-order valence-electron chi connectivity index (χ0n) is 12.9. The summed E-state index contributed by atoms with van der Waals surface area (Å²) >= 11 is 0. The van der Waals surface area contributed by atoms with Crippen LogP contribution in [-0.2, 0) is 4.74 Å². The second kappa shape index (κ2) is 7.83. The third kappa shape index (κ3) is 4.32. The number of aryl methyl sites for hydroxylation is 1. The molecule has 1 saturated heterocycles. The Balaban J connectivity index is 2.00. The molecule has 1 aromatic rings. The number of nitrogens with zero attached hydrogens (tertiary/aromatic N) is 3. The van der Waals surface area contributed by atoms with Gasteiger partial charge in [0.15, 0.2) is 0 Å². The van der Waals surface area contributed by atoms with Gasteiger partial charge < -0.3 is 15.8 Å². The molecule has 0 atom stereocenters. The Labute approximate surface area is 126 Å². The lowest BCUT2D eigenvalue weighted by atomic mass is 10.1. The molecule has 0 unspecified atom stereocenters. The maximum atomic E-state index is 6.09. The van der Waals surface area contributed by atoms with Crippen LogP contribution in [0.3, 0.4) is 0 Å². The number of amidine groups is 1. The van der Waals surface area contributed by atoms with Crippen LogP contribution in [0.4, 0.5) is 0 Å². The van der Waals surface area contributed by atoms with Gasteiger partial charge in [0.05, 0.1) is 17.3 Å². The highest BCUT2D eigenvalue weighted by Crippen LogP contribution is 2.21. The zero-order valence-corrected chi connectivity index (χ0v) is 12.9. The molecule has 6 heteroatoms. The Morgan fingerprint density at radius 1 is 1.57 bits per heavy atom. The molecule has 1 aliphatic rings. The van der Waals surface area contributed by atoms with E-state index in [1.165, 1.54) is 0 Å². The number of nitrogens with two attached hydrogens (primary N) is 1. The lowest BCUT2D eigenvalue weighted by Gasteiger charge is -2.22. The number of aliphatic imine (C=N–C) groups is 1. The maximum Gasteiger partial charge on any atom is 0.129 e. The monoisotopic (exact) mass is 291 g/mol. The fourth-order valence-electron chi connectivity index (χ4n) is 2.42. The molecule has 116 valence electrons. The van der Waals surface area contributed by atoms with Crippen molar-refractivity contribution < 1.29 is 4.74 Å². The largest absolute Gasteiger partial charge is 0.394 e. The minimum absolute atomic E-state index is 0.414. The van der Waals surface area contributed by atoms with E-state index in [9.17, 15) is 0 Å². The van der Waals surface area contributed by atoms with Gasteiger partial charge in [0.2, 0.25) is 0 Å². The number of hydrogen-bond donors (Lipinski definition) is 2. The number of nitrogens with one attached hydrogen (secondary N) is 1. The van der Waals surface area contributed by atoms with Crippen LogP contribution in [0.25, 0.3) is 0 Å². The van der Waals surface area contributed by atoms with Gasteiger partial charge in [0, 0.05) is 33.0 Å². The molecular weight excluding hydrogens is 266 g/mol. The molecule has 2 rings (SSSR count). The van der Waals surface area contributed by atoms with E-state index in [-0.39, 0.29) is 0 Å². The molecule has 0 saturated carbocycles. The van der Waals surface area contributed by atoms with Crippen LogP contribution in [0.1, 0.15) is 36.6 Å². The number of aromatic nitrogens is 2. The normalized spacial score (nSPS) is 17.5. The van der Waals surface area contributed by atoms with Crippen molar-refractivity contribution in [3.05, 3.63) is 29.7 Å². The Morgan fingerprint density at radius 2 is 2.33 bits per heavy atom. The summed E-state index contributed by atoms with van der Waals surface area (Å²) in [6.45, 7) is 4.28. The summed E-state index contributed by atoms with van der Waals surface area (Å²) in [6, 6.07) is 0.414. The Kier molecular flexibility index (Phi) is 5.80. The zero-order chi connectivity index (χ0) is 15.1. The van der Waals surface area contributed by atoms with Gasteiger partial charge in [-0.2, -0.15) is 5.10 Å². The van der Waals surface area contributed by atoms with Crippen molar-refractivity contribution in [2.24, 2.45) is 10.7 Å². The summed E-state index contributed by atoms with van der Waals surface area (Å²) in [5.41, 5.74) is 7.97. The quantitative estimate of drug-likeness (QED) is 0.471.